The molecule has 0 spiro atoms. The molecule has 0 aliphatic heterocycles. The fourth-order valence-electron chi connectivity index (χ4n) is 1.19. The Morgan fingerprint density at radius 1 is 1.41 bits per heavy atom. The molecule has 0 saturated heterocycles. The molecule has 0 fully saturated rings. The quantitative estimate of drug-likeness (QED) is 0.862. The molecule has 0 aromatic carbocycles. The molecule has 0 saturated carbocycles. The summed E-state index contributed by atoms with van der Waals surface area (Å²) in [6, 6.07) is 3.65. The minimum absolute atomic E-state index is 0.303. The zero-order valence-corrected chi connectivity index (χ0v) is 10.2. The highest BCUT2D eigenvalue weighted by atomic mass is 32.1. The number of aryl methyl sites for hydroxylation is 1. The Hall–Kier alpha value is -2.02. The van der Waals surface area contributed by atoms with Crippen LogP contribution in [0.25, 0.3) is 0 Å². The number of carbonyl (C=O) groups is 1. The van der Waals surface area contributed by atoms with Crippen LogP contribution in [0.15, 0.2) is 18.3 Å². The highest BCUT2D eigenvalue weighted by molar-refractivity contribution is 7.17. The molecule has 17 heavy (non-hydrogen) atoms. The van der Waals surface area contributed by atoms with Gasteiger partial charge in [-0.1, -0.05) is 11.3 Å². The molecule has 0 unspecified atom stereocenters. The number of anilines is 2. The molecule has 2 aromatic rings. The van der Waals surface area contributed by atoms with E-state index < -0.39 is 0 Å². The van der Waals surface area contributed by atoms with E-state index in [1.165, 1.54) is 11.3 Å². The van der Waals surface area contributed by atoms with Gasteiger partial charge in [0.25, 0.3) is 5.91 Å². The van der Waals surface area contributed by atoms with Crippen molar-refractivity contribution in [2.75, 3.05) is 17.7 Å². The van der Waals surface area contributed by atoms with E-state index in [1.54, 1.807) is 19.3 Å². The van der Waals surface area contributed by atoms with E-state index in [4.69, 9.17) is 0 Å². The maximum atomic E-state index is 11.8. The van der Waals surface area contributed by atoms with Crippen molar-refractivity contribution >= 4 is 28.2 Å². The predicted molar refractivity (Wildman–Crippen MR) is 66.4 cm³/mol. The van der Waals surface area contributed by atoms with Crippen LogP contribution in [0.2, 0.25) is 0 Å². The molecule has 2 heterocycles. The Kier molecular flexibility index (Phi) is 3.29. The van der Waals surface area contributed by atoms with Crippen molar-refractivity contribution in [2.45, 2.75) is 6.92 Å². The lowest BCUT2D eigenvalue weighted by atomic mass is 10.3. The number of pyridine rings is 1. The molecular formula is C10H11N5OS. The molecule has 1 amide bonds. The number of nitrogens with zero attached hydrogens (tertiary/aromatic N) is 3. The first-order chi connectivity index (χ1) is 8.19. The number of carbonyl (C=O) groups excluding carboxylic acids is 1. The number of hydrogen-bond acceptors (Lipinski definition) is 6. The SMILES string of the molecule is CNc1nnc(C(=O)Nc2cc(C)ccn2)s1. The Morgan fingerprint density at radius 2 is 2.24 bits per heavy atom. The molecule has 0 aliphatic carbocycles. The Morgan fingerprint density at radius 3 is 2.88 bits per heavy atom. The standard InChI is InChI=1S/C10H11N5OS/c1-6-3-4-12-7(5-6)13-8(16)9-14-15-10(11-2)17-9/h3-5H,1-2H3,(H,11,15)(H,12,13,16). The van der Waals surface area contributed by atoms with Crippen molar-refractivity contribution in [3.8, 4) is 0 Å². The van der Waals surface area contributed by atoms with Crippen molar-refractivity contribution in [1.82, 2.24) is 15.2 Å². The fraction of sp³-hybridized carbons (Fsp3) is 0.200. The van der Waals surface area contributed by atoms with Gasteiger partial charge in [-0.05, 0) is 24.6 Å². The van der Waals surface area contributed by atoms with E-state index in [0.29, 0.717) is 16.0 Å². The highest BCUT2D eigenvalue weighted by Gasteiger charge is 2.12. The topological polar surface area (TPSA) is 79.8 Å². The number of hydrogen-bond donors (Lipinski definition) is 2. The summed E-state index contributed by atoms with van der Waals surface area (Å²) in [6.07, 6.45) is 1.64. The first kappa shape index (κ1) is 11.5. The van der Waals surface area contributed by atoms with Crippen molar-refractivity contribution in [2.24, 2.45) is 0 Å². The van der Waals surface area contributed by atoms with Gasteiger partial charge in [0.05, 0.1) is 0 Å². The average Bonchev–Trinajstić information content (AvgIpc) is 2.77. The number of amides is 1. The second-order valence-electron chi connectivity index (χ2n) is 3.33. The van der Waals surface area contributed by atoms with Gasteiger partial charge in [-0.25, -0.2) is 4.98 Å². The lowest BCUT2D eigenvalue weighted by Crippen LogP contribution is -2.12. The van der Waals surface area contributed by atoms with Gasteiger partial charge < -0.3 is 10.6 Å². The third-order valence-corrected chi connectivity index (χ3v) is 2.93. The van der Waals surface area contributed by atoms with Crippen LogP contribution in [0.5, 0.6) is 0 Å². The highest BCUT2D eigenvalue weighted by Crippen LogP contribution is 2.15. The molecular weight excluding hydrogens is 238 g/mol. The van der Waals surface area contributed by atoms with Crippen LogP contribution in [0, 0.1) is 6.92 Å². The summed E-state index contributed by atoms with van der Waals surface area (Å²) < 4.78 is 0. The van der Waals surface area contributed by atoms with E-state index >= 15 is 0 Å². The van der Waals surface area contributed by atoms with E-state index in [2.05, 4.69) is 25.8 Å². The Labute approximate surface area is 102 Å². The van der Waals surface area contributed by atoms with Crippen LogP contribution in [-0.4, -0.2) is 28.1 Å². The van der Waals surface area contributed by atoms with Crippen LogP contribution in [-0.2, 0) is 0 Å². The van der Waals surface area contributed by atoms with E-state index in [-0.39, 0.29) is 5.91 Å². The van der Waals surface area contributed by atoms with Crippen molar-refractivity contribution in [3.63, 3.8) is 0 Å². The Bertz CT molecular complexity index is 539. The largest absolute Gasteiger partial charge is 0.363 e. The van der Waals surface area contributed by atoms with Gasteiger partial charge in [0.1, 0.15) is 5.82 Å². The summed E-state index contributed by atoms with van der Waals surface area (Å²) in [5.74, 6) is 0.207. The second-order valence-corrected chi connectivity index (χ2v) is 4.31. The summed E-state index contributed by atoms with van der Waals surface area (Å²) >= 11 is 1.19. The van der Waals surface area contributed by atoms with Crippen LogP contribution in [0.1, 0.15) is 15.4 Å². The summed E-state index contributed by atoms with van der Waals surface area (Å²) in [4.78, 5) is 15.8. The van der Waals surface area contributed by atoms with Gasteiger partial charge in [0, 0.05) is 13.2 Å². The number of nitrogens with one attached hydrogen (secondary N) is 2. The minimum Gasteiger partial charge on any atom is -0.363 e. The van der Waals surface area contributed by atoms with Crippen LogP contribution < -0.4 is 10.6 Å². The van der Waals surface area contributed by atoms with E-state index in [0.717, 1.165) is 5.56 Å². The van der Waals surface area contributed by atoms with Crippen LogP contribution >= 0.6 is 11.3 Å². The molecule has 88 valence electrons. The molecule has 7 heteroatoms. The second kappa shape index (κ2) is 4.88. The van der Waals surface area contributed by atoms with Gasteiger partial charge in [-0.2, -0.15) is 0 Å². The van der Waals surface area contributed by atoms with Crippen LogP contribution in [0.3, 0.4) is 0 Å². The van der Waals surface area contributed by atoms with Crippen molar-refractivity contribution in [3.05, 3.63) is 28.9 Å². The average molecular weight is 249 g/mol. The van der Waals surface area contributed by atoms with Gasteiger partial charge >= 0.3 is 0 Å². The lowest BCUT2D eigenvalue weighted by molar-refractivity contribution is 0.102. The zero-order chi connectivity index (χ0) is 12.3. The van der Waals surface area contributed by atoms with E-state index in [1.807, 2.05) is 13.0 Å². The smallest absolute Gasteiger partial charge is 0.287 e. The third-order valence-electron chi connectivity index (χ3n) is 1.99. The maximum absolute atomic E-state index is 11.8. The van der Waals surface area contributed by atoms with Gasteiger partial charge in [0.2, 0.25) is 10.1 Å². The fourth-order valence-corrected chi connectivity index (χ4v) is 1.78. The number of aromatic nitrogens is 3. The number of rotatable bonds is 3. The molecule has 0 bridgehead atoms. The normalized spacial score (nSPS) is 10.0. The third kappa shape index (κ3) is 2.76. The van der Waals surface area contributed by atoms with Crippen LogP contribution in [0.4, 0.5) is 10.9 Å². The summed E-state index contributed by atoms with van der Waals surface area (Å²) in [7, 11) is 1.73. The predicted octanol–water partition coefficient (Wildman–Crippen LogP) is 1.54. The molecule has 0 radical (unpaired) electrons. The van der Waals surface area contributed by atoms with E-state index in [9.17, 15) is 4.79 Å². The van der Waals surface area contributed by atoms with Gasteiger partial charge in [0.15, 0.2) is 0 Å². The lowest BCUT2D eigenvalue weighted by Gasteiger charge is -2.01. The Balaban J connectivity index is 2.11. The molecule has 6 nitrogen and oxygen atoms in total. The maximum Gasteiger partial charge on any atom is 0.287 e. The summed E-state index contributed by atoms with van der Waals surface area (Å²) in [5, 5.41) is 14.0. The summed E-state index contributed by atoms with van der Waals surface area (Å²) in [5.41, 5.74) is 1.03. The van der Waals surface area contributed by atoms with Gasteiger partial charge in [-0.3, -0.25) is 4.79 Å². The molecule has 2 rings (SSSR count). The monoisotopic (exact) mass is 249 g/mol. The molecule has 2 N–H and O–H groups in total. The summed E-state index contributed by atoms with van der Waals surface area (Å²) in [6.45, 7) is 1.93. The molecule has 0 atom stereocenters. The first-order valence-electron chi connectivity index (χ1n) is 4.94. The van der Waals surface area contributed by atoms with Crippen molar-refractivity contribution in [1.29, 1.82) is 0 Å². The molecule has 0 aliphatic rings. The molecule has 2 aromatic heterocycles. The zero-order valence-electron chi connectivity index (χ0n) is 9.39. The van der Waals surface area contributed by atoms with Crippen molar-refractivity contribution < 1.29 is 4.79 Å². The van der Waals surface area contributed by atoms with Gasteiger partial charge in [-0.15, -0.1) is 10.2 Å². The minimum atomic E-state index is -0.304. The first-order valence-corrected chi connectivity index (χ1v) is 5.76.